The molecule has 1 amide bonds. The highest BCUT2D eigenvalue weighted by Crippen LogP contribution is 2.19. The van der Waals surface area contributed by atoms with Crippen LogP contribution in [0, 0.1) is 5.92 Å². The van der Waals surface area contributed by atoms with E-state index in [2.05, 4.69) is 48.4 Å². The fourth-order valence-corrected chi connectivity index (χ4v) is 3.22. The van der Waals surface area contributed by atoms with Crippen molar-refractivity contribution < 1.29 is 33.2 Å². The first-order valence-electron chi connectivity index (χ1n) is 14.0. The summed E-state index contributed by atoms with van der Waals surface area (Å²) in [4.78, 5) is 15.4. The summed E-state index contributed by atoms with van der Waals surface area (Å²) in [5, 5.41) is 9.90. The van der Waals surface area contributed by atoms with Crippen molar-refractivity contribution in [2.24, 2.45) is 11.0 Å². The van der Waals surface area contributed by atoms with Crippen molar-refractivity contribution in [2.45, 2.75) is 52.8 Å². The van der Waals surface area contributed by atoms with Crippen LogP contribution in [0.2, 0.25) is 0 Å². The summed E-state index contributed by atoms with van der Waals surface area (Å²) in [6.45, 7) is 15.6. The van der Waals surface area contributed by atoms with Gasteiger partial charge in [-0.15, -0.1) is 0 Å². The van der Waals surface area contributed by atoms with Crippen LogP contribution in [0.1, 0.15) is 51.4 Å². The predicted molar refractivity (Wildman–Crippen MR) is 154 cm³/mol. The van der Waals surface area contributed by atoms with Gasteiger partial charge in [-0.05, 0) is 49.5 Å². The molecule has 0 aliphatic carbocycles. The van der Waals surface area contributed by atoms with Gasteiger partial charge in [0.2, 0.25) is 0 Å². The van der Waals surface area contributed by atoms with Gasteiger partial charge in [0.05, 0.1) is 46.2 Å². The first-order valence-corrected chi connectivity index (χ1v) is 14.0. The molecule has 0 aliphatic heterocycles. The molecule has 0 saturated carbocycles. The van der Waals surface area contributed by atoms with Crippen molar-refractivity contribution in [2.75, 3.05) is 79.2 Å². The lowest BCUT2D eigenvalue weighted by atomic mass is 10.2. The molecule has 0 saturated heterocycles. The lowest BCUT2D eigenvalue weighted by Crippen LogP contribution is -2.34. The second kappa shape index (κ2) is 22.3. The molecule has 40 heavy (non-hydrogen) atoms. The van der Waals surface area contributed by atoms with E-state index in [4.69, 9.17) is 34.0 Å². The van der Waals surface area contributed by atoms with E-state index in [9.17, 15) is 4.79 Å². The molecule has 1 aromatic rings. The maximum atomic E-state index is 12.5. The molecule has 1 aromatic carbocycles. The third kappa shape index (κ3) is 18.8. The molecule has 1 rings (SSSR count). The highest BCUT2D eigenvalue weighted by molar-refractivity contribution is 5.94. The van der Waals surface area contributed by atoms with E-state index in [0.29, 0.717) is 82.7 Å². The molecule has 228 valence electrons. The van der Waals surface area contributed by atoms with Crippen LogP contribution >= 0.6 is 0 Å². The van der Waals surface area contributed by atoms with E-state index in [1.54, 1.807) is 31.2 Å². The average Bonchev–Trinajstić information content (AvgIpc) is 2.92. The highest BCUT2D eigenvalue weighted by atomic mass is 16.6. The molecule has 1 unspecified atom stereocenters. The molecular weight excluding hydrogens is 518 g/mol. The number of hydrogen-bond acceptors (Lipinski definition) is 9. The molecule has 12 nitrogen and oxygen atoms in total. The van der Waals surface area contributed by atoms with Gasteiger partial charge in [0.25, 0.3) is 5.91 Å². The zero-order chi connectivity index (χ0) is 29.5. The lowest BCUT2D eigenvalue weighted by molar-refractivity contribution is -0.0762. The third-order valence-corrected chi connectivity index (χ3v) is 5.25. The van der Waals surface area contributed by atoms with E-state index in [-0.39, 0.29) is 19.1 Å². The van der Waals surface area contributed by atoms with Crippen LogP contribution in [0.5, 0.6) is 5.75 Å². The van der Waals surface area contributed by atoms with Crippen molar-refractivity contribution in [1.82, 2.24) is 10.6 Å². The van der Waals surface area contributed by atoms with Gasteiger partial charge in [-0.3, -0.25) is 4.79 Å². The molecule has 0 radical (unpaired) electrons. The standard InChI is InChI=1S/C28H49N5O7/c1-23(2)21-38-18-19-40-28(5,32-33-29)22-39-26-9-6-8-25(20-26)27(34)31-11-13-36-15-17-37-16-14-35-12-7-10-30-24(3)4/h6,8-9,20,23-24,30H,7,10-19,21-22H2,1-5H3,(H,31,34). The van der Waals surface area contributed by atoms with Gasteiger partial charge in [0.1, 0.15) is 12.4 Å². The normalized spacial score (nSPS) is 12.8. The van der Waals surface area contributed by atoms with Gasteiger partial charge in [-0.2, -0.15) is 0 Å². The molecule has 0 spiro atoms. The number of nitrogens with zero attached hydrogens (tertiary/aromatic N) is 3. The topological polar surface area (TPSA) is 145 Å². The number of nitrogens with one attached hydrogen (secondary N) is 2. The minimum Gasteiger partial charge on any atom is -0.490 e. The predicted octanol–water partition coefficient (Wildman–Crippen LogP) is 3.95. The Hall–Kier alpha value is -2.44. The van der Waals surface area contributed by atoms with Crippen molar-refractivity contribution in [3.63, 3.8) is 0 Å². The average molecular weight is 568 g/mol. The summed E-state index contributed by atoms with van der Waals surface area (Å²) in [5.41, 5.74) is 8.16. The molecule has 2 N–H and O–H groups in total. The van der Waals surface area contributed by atoms with Gasteiger partial charge in [-0.25, -0.2) is 0 Å². The maximum absolute atomic E-state index is 12.5. The molecule has 0 bridgehead atoms. The van der Waals surface area contributed by atoms with Crippen LogP contribution in [0.3, 0.4) is 0 Å². The summed E-state index contributed by atoms with van der Waals surface area (Å²) in [5.74, 6) is 0.630. The second-order valence-electron chi connectivity index (χ2n) is 10.1. The summed E-state index contributed by atoms with van der Waals surface area (Å²) in [6, 6.07) is 7.24. The summed E-state index contributed by atoms with van der Waals surface area (Å²) in [6.07, 6.45) is 0.977. The van der Waals surface area contributed by atoms with Crippen LogP contribution in [-0.4, -0.2) is 96.8 Å². The Morgan fingerprint density at radius 3 is 2.30 bits per heavy atom. The fraction of sp³-hybridized carbons (Fsp3) is 0.750. The first kappa shape index (κ1) is 35.6. The fourth-order valence-electron chi connectivity index (χ4n) is 3.22. The van der Waals surface area contributed by atoms with Gasteiger partial charge < -0.3 is 39.1 Å². The van der Waals surface area contributed by atoms with Gasteiger partial charge >= 0.3 is 0 Å². The lowest BCUT2D eigenvalue weighted by Gasteiger charge is -2.25. The number of carbonyl (C=O) groups is 1. The van der Waals surface area contributed by atoms with Crippen molar-refractivity contribution in [3.05, 3.63) is 40.3 Å². The minimum absolute atomic E-state index is 0.0237. The Labute approximate surface area is 239 Å². The van der Waals surface area contributed by atoms with E-state index >= 15 is 0 Å². The number of carbonyl (C=O) groups excluding carboxylic acids is 1. The Morgan fingerprint density at radius 1 is 0.950 bits per heavy atom. The number of ether oxygens (including phenoxy) is 6. The molecule has 12 heteroatoms. The number of hydrogen-bond donors (Lipinski definition) is 2. The molecule has 0 heterocycles. The Balaban J connectivity index is 2.22. The Bertz CT molecular complexity index is 852. The van der Waals surface area contributed by atoms with Gasteiger partial charge in [0, 0.05) is 36.3 Å². The molecular formula is C28H49N5O7. The smallest absolute Gasteiger partial charge is 0.251 e. The molecule has 1 atom stereocenters. The summed E-state index contributed by atoms with van der Waals surface area (Å²) >= 11 is 0. The molecule has 0 fully saturated rings. The number of azide groups is 1. The SMILES string of the molecule is CC(C)COCCOC(C)(COc1cccc(C(=O)NCCOCCOCCOCCCNC(C)C)c1)N=[N+]=[N-]. The highest BCUT2D eigenvalue weighted by Gasteiger charge is 2.25. The van der Waals surface area contributed by atoms with Crippen LogP contribution in [0.4, 0.5) is 0 Å². The zero-order valence-electron chi connectivity index (χ0n) is 24.9. The van der Waals surface area contributed by atoms with Crippen LogP contribution in [0.15, 0.2) is 29.4 Å². The van der Waals surface area contributed by atoms with E-state index in [0.717, 1.165) is 13.0 Å². The van der Waals surface area contributed by atoms with E-state index in [1.807, 2.05) is 0 Å². The molecule has 0 aromatic heterocycles. The second-order valence-corrected chi connectivity index (χ2v) is 10.1. The monoisotopic (exact) mass is 567 g/mol. The first-order chi connectivity index (χ1) is 19.3. The summed E-state index contributed by atoms with van der Waals surface area (Å²) in [7, 11) is 0. The Kier molecular flexibility index (Phi) is 19.8. The van der Waals surface area contributed by atoms with Crippen molar-refractivity contribution in [1.29, 1.82) is 0 Å². The van der Waals surface area contributed by atoms with Gasteiger partial charge in [-0.1, -0.05) is 38.9 Å². The van der Waals surface area contributed by atoms with Gasteiger partial charge in [0.15, 0.2) is 5.72 Å². The molecule has 0 aliphatic rings. The Morgan fingerprint density at radius 2 is 1.62 bits per heavy atom. The van der Waals surface area contributed by atoms with Crippen LogP contribution in [0.25, 0.3) is 10.4 Å². The minimum atomic E-state index is -1.22. The van der Waals surface area contributed by atoms with Crippen LogP contribution < -0.4 is 15.4 Å². The van der Waals surface area contributed by atoms with Crippen LogP contribution in [-0.2, 0) is 23.7 Å². The van der Waals surface area contributed by atoms with Crippen molar-refractivity contribution >= 4 is 5.91 Å². The largest absolute Gasteiger partial charge is 0.490 e. The number of rotatable bonds is 25. The maximum Gasteiger partial charge on any atom is 0.251 e. The van der Waals surface area contributed by atoms with E-state index < -0.39 is 5.72 Å². The van der Waals surface area contributed by atoms with E-state index in [1.165, 1.54) is 0 Å². The number of amides is 1. The zero-order valence-corrected chi connectivity index (χ0v) is 24.9. The quantitative estimate of drug-likeness (QED) is 0.0782. The van der Waals surface area contributed by atoms with Crippen molar-refractivity contribution in [3.8, 4) is 5.75 Å². The summed E-state index contributed by atoms with van der Waals surface area (Å²) < 4.78 is 33.5. The number of benzene rings is 1. The third-order valence-electron chi connectivity index (χ3n) is 5.25.